The summed E-state index contributed by atoms with van der Waals surface area (Å²) in [4.78, 5) is 16.6. The quantitative estimate of drug-likeness (QED) is 0.878. The van der Waals surface area contributed by atoms with Crippen LogP contribution in [0.15, 0.2) is 18.2 Å². The van der Waals surface area contributed by atoms with Gasteiger partial charge in [-0.05, 0) is 31.5 Å². The van der Waals surface area contributed by atoms with Crippen LogP contribution in [0, 0.1) is 25.2 Å². The molecule has 1 amide bonds. The molecule has 5 nitrogen and oxygen atoms in total. The van der Waals surface area contributed by atoms with Crippen molar-refractivity contribution < 1.29 is 4.79 Å². The minimum absolute atomic E-state index is 0.259. The van der Waals surface area contributed by atoms with Gasteiger partial charge in [-0.25, -0.2) is 4.98 Å². The van der Waals surface area contributed by atoms with E-state index in [0.29, 0.717) is 27.0 Å². The van der Waals surface area contributed by atoms with Crippen LogP contribution < -0.4 is 11.1 Å². The van der Waals surface area contributed by atoms with Gasteiger partial charge in [-0.2, -0.15) is 5.26 Å². The molecule has 0 bridgehead atoms. The second kappa shape index (κ2) is 5.08. The minimum atomic E-state index is -0.259. The number of nitrogens with one attached hydrogen (secondary N) is 1. The van der Waals surface area contributed by atoms with Gasteiger partial charge in [0.05, 0.1) is 17.3 Å². The average molecular weight is 272 g/mol. The van der Waals surface area contributed by atoms with Gasteiger partial charge in [0, 0.05) is 5.69 Å². The first-order valence-electron chi connectivity index (χ1n) is 5.56. The lowest BCUT2D eigenvalue weighted by molar-refractivity contribution is 0.102. The van der Waals surface area contributed by atoms with E-state index in [2.05, 4.69) is 10.3 Å². The summed E-state index contributed by atoms with van der Waals surface area (Å²) >= 11 is 1.15. The highest BCUT2D eigenvalue weighted by molar-refractivity contribution is 7.17. The number of nitrogens with two attached hydrogens (primary N) is 1. The molecular weight excluding hydrogens is 260 g/mol. The second-order valence-electron chi connectivity index (χ2n) is 4.06. The molecule has 0 fully saturated rings. The van der Waals surface area contributed by atoms with Crippen molar-refractivity contribution in [2.45, 2.75) is 13.8 Å². The summed E-state index contributed by atoms with van der Waals surface area (Å²) in [5.74, 6) is -0.259. The molecule has 0 unspecified atom stereocenters. The largest absolute Gasteiger partial charge is 0.375 e. The third-order valence-corrected chi connectivity index (χ3v) is 3.62. The van der Waals surface area contributed by atoms with Crippen molar-refractivity contribution in [2.24, 2.45) is 0 Å². The number of nitrogens with zero attached hydrogens (tertiary/aromatic N) is 2. The van der Waals surface area contributed by atoms with Crippen molar-refractivity contribution in [1.29, 1.82) is 5.26 Å². The number of benzene rings is 1. The van der Waals surface area contributed by atoms with Gasteiger partial charge in [0.25, 0.3) is 5.91 Å². The van der Waals surface area contributed by atoms with Crippen molar-refractivity contribution in [2.75, 3.05) is 11.1 Å². The Balaban J connectivity index is 2.29. The fourth-order valence-corrected chi connectivity index (χ4v) is 2.36. The van der Waals surface area contributed by atoms with Gasteiger partial charge in [-0.3, -0.25) is 4.79 Å². The average Bonchev–Trinajstić information content (AvgIpc) is 2.71. The molecule has 6 heteroatoms. The Kier molecular flexibility index (Phi) is 3.49. The Morgan fingerprint density at radius 3 is 2.79 bits per heavy atom. The molecule has 2 aromatic rings. The van der Waals surface area contributed by atoms with Crippen LogP contribution in [-0.2, 0) is 0 Å². The molecule has 0 saturated carbocycles. The molecule has 0 radical (unpaired) electrons. The topological polar surface area (TPSA) is 91.8 Å². The van der Waals surface area contributed by atoms with E-state index in [4.69, 9.17) is 11.0 Å². The van der Waals surface area contributed by atoms with Crippen molar-refractivity contribution in [3.63, 3.8) is 0 Å². The number of nitrogen functional groups attached to an aromatic ring is 1. The summed E-state index contributed by atoms with van der Waals surface area (Å²) in [7, 11) is 0. The number of thiazole rings is 1. The smallest absolute Gasteiger partial charge is 0.267 e. The first-order valence-corrected chi connectivity index (χ1v) is 6.38. The molecule has 0 spiro atoms. The van der Waals surface area contributed by atoms with Crippen LogP contribution >= 0.6 is 11.3 Å². The third-order valence-electron chi connectivity index (χ3n) is 2.63. The molecule has 1 heterocycles. The van der Waals surface area contributed by atoms with Gasteiger partial charge in [0.15, 0.2) is 5.13 Å². The first-order chi connectivity index (χ1) is 9.01. The molecule has 3 N–H and O–H groups in total. The van der Waals surface area contributed by atoms with Crippen molar-refractivity contribution in [3.8, 4) is 6.07 Å². The van der Waals surface area contributed by atoms with E-state index in [1.54, 1.807) is 25.1 Å². The molecular formula is C13H12N4OS. The Morgan fingerprint density at radius 1 is 1.47 bits per heavy atom. The number of rotatable bonds is 2. The summed E-state index contributed by atoms with van der Waals surface area (Å²) in [5.41, 5.74) is 8.19. The maximum atomic E-state index is 12.1. The van der Waals surface area contributed by atoms with E-state index in [1.165, 1.54) is 0 Å². The number of aryl methyl sites for hydroxylation is 2. The molecule has 0 atom stereocenters. The van der Waals surface area contributed by atoms with Crippen molar-refractivity contribution >= 4 is 28.1 Å². The number of carbonyl (C=O) groups is 1. The van der Waals surface area contributed by atoms with Crippen molar-refractivity contribution in [1.82, 2.24) is 4.98 Å². The number of aromatic nitrogens is 1. The van der Waals surface area contributed by atoms with E-state index < -0.39 is 0 Å². The summed E-state index contributed by atoms with van der Waals surface area (Å²) in [6.45, 7) is 3.60. The maximum Gasteiger partial charge on any atom is 0.267 e. The van der Waals surface area contributed by atoms with Gasteiger partial charge < -0.3 is 11.1 Å². The molecule has 19 heavy (non-hydrogen) atoms. The molecule has 96 valence electrons. The third kappa shape index (κ3) is 2.72. The van der Waals surface area contributed by atoms with E-state index in [1.807, 2.05) is 13.0 Å². The van der Waals surface area contributed by atoms with Crippen LogP contribution in [0.2, 0.25) is 0 Å². The summed E-state index contributed by atoms with van der Waals surface area (Å²) < 4.78 is 0. The summed E-state index contributed by atoms with van der Waals surface area (Å²) in [6.07, 6.45) is 0. The number of amides is 1. The van der Waals surface area contributed by atoms with Gasteiger partial charge >= 0.3 is 0 Å². The predicted octanol–water partition coefficient (Wildman–Crippen LogP) is 2.47. The van der Waals surface area contributed by atoms with Crippen LogP contribution in [0.1, 0.15) is 26.5 Å². The van der Waals surface area contributed by atoms with E-state index >= 15 is 0 Å². The monoisotopic (exact) mass is 272 g/mol. The number of hydrogen-bond donors (Lipinski definition) is 2. The molecule has 1 aromatic carbocycles. The standard InChI is InChI=1S/C13H12N4OS/c1-7-3-4-9(6-14)5-10(7)17-12(18)11-8(2)16-13(15)19-11/h3-5H,1-2H3,(H2,15,16)(H,17,18). The Labute approximate surface area is 114 Å². The predicted molar refractivity (Wildman–Crippen MR) is 75.1 cm³/mol. The Morgan fingerprint density at radius 2 is 2.21 bits per heavy atom. The SMILES string of the molecule is Cc1ccc(C#N)cc1NC(=O)c1sc(N)nc1C. The number of anilines is 2. The minimum Gasteiger partial charge on any atom is -0.375 e. The lowest BCUT2D eigenvalue weighted by atomic mass is 10.1. The van der Waals surface area contributed by atoms with Crippen LogP contribution in [0.3, 0.4) is 0 Å². The highest BCUT2D eigenvalue weighted by Crippen LogP contribution is 2.23. The fraction of sp³-hybridized carbons (Fsp3) is 0.154. The van der Waals surface area contributed by atoms with Gasteiger partial charge in [-0.1, -0.05) is 17.4 Å². The Hall–Kier alpha value is -2.39. The maximum absolute atomic E-state index is 12.1. The molecule has 2 rings (SSSR count). The van der Waals surface area contributed by atoms with Gasteiger partial charge in [0.1, 0.15) is 4.88 Å². The number of carbonyl (C=O) groups excluding carboxylic acids is 1. The zero-order valence-corrected chi connectivity index (χ0v) is 11.3. The zero-order chi connectivity index (χ0) is 14.0. The van der Waals surface area contributed by atoms with Crippen LogP contribution in [0.25, 0.3) is 0 Å². The van der Waals surface area contributed by atoms with Gasteiger partial charge in [-0.15, -0.1) is 0 Å². The Bertz CT molecular complexity index is 684. The van der Waals surface area contributed by atoms with E-state index in [9.17, 15) is 4.79 Å². The molecule has 0 saturated heterocycles. The van der Waals surface area contributed by atoms with E-state index in [-0.39, 0.29) is 5.91 Å². The highest BCUT2D eigenvalue weighted by Gasteiger charge is 2.15. The van der Waals surface area contributed by atoms with Crippen molar-refractivity contribution in [3.05, 3.63) is 39.9 Å². The zero-order valence-electron chi connectivity index (χ0n) is 10.5. The molecule has 0 aliphatic rings. The number of hydrogen-bond acceptors (Lipinski definition) is 5. The summed E-state index contributed by atoms with van der Waals surface area (Å²) in [5, 5.41) is 12.0. The van der Waals surface area contributed by atoms with Crippen LogP contribution in [0.5, 0.6) is 0 Å². The first kappa shape index (κ1) is 13.1. The molecule has 0 aliphatic heterocycles. The van der Waals surface area contributed by atoms with Crippen LogP contribution in [0.4, 0.5) is 10.8 Å². The summed E-state index contributed by atoms with van der Waals surface area (Å²) in [6, 6.07) is 7.19. The highest BCUT2D eigenvalue weighted by atomic mass is 32.1. The lowest BCUT2D eigenvalue weighted by Crippen LogP contribution is -2.12. The number of nitriles is 1. The fourth-order valence-electron chi connectivity index (χ4n) is 1.63. The van der Waals surface area contributed by atoms with Crippen LogP contribution in [-0.4, -0.2) is 10.9 Å². The lowest BCUT2D eigenvalue weighted by Gasteiger charge is -2.07. The van der Waals surface area contributed by atoms with Gasteiger partial charge in [0.2, 0.25) is 0 Å². The normalized spacial score (nSPS) is 9.95. The molecule has 0 aliphatic carbocycles. The second-order valence-corrected chi connectivity index (χ2v) is 5.09. The van der Waals surface area contributed by atoms with E-state index in [0.717, 1.165) is 16.9 Å². The molecule has 1 aromatic heterocycles.